The van der Waals surface area contributed by atoms with E-state index in [0.29, 0.717) is 50.4 Å². The van der Waals surface area contributed by atoms with Crippen molar-refractivity contribution in [3.05, 3.63) is 34.3 Å². The van der Waals surface area contributed by atoms with E-state index < -0.39 is 0 Å². The summed E-state index contributed by atoms with van der Waals surface area (Å²) >= 11 is 3.39. The first-order valence-electron chi connectivity index (χ1n) is 13.6. The smallest absolute Gasteiger partial charge is 0.251 e. The highest BCUT2D eigenvalue weighted by molar-refractivity contribution is 9.10. The standard InChI is InChI=1S/C28H43BrN4O4/c1-28(2,3)25(30-17-21(18-33(37)19-34)16-20-6-4-5-7-20)27(36)32-14-12-24(13-15-32)31-26(35)22-8-10-23(29)11-9-22/h8-11,19-21,24-25,30,37H,4-7,12-18H2,1-3H3,(H,31,35)/t21-,25+/m0/s1. The van der Waals surface area contributed by atoms with Gasteiger partial charge in [0.15, 0.2) is 0 Å². The summed E-state index contributed by atoms with van der Waals surface area (Å²) in [6.07, 6.45) is 7.69. The number of hydrogen-bond acceptors (Lipinski definition) is 5. The quantitative estimate of drug-likeness (QED) is 0.207. The first kappa shape index (κ1) is 29.6. The van der Waals surface area contributed by atoms with Gasteiger partial charge in [-0.2, -0.15) is 0 Å². The van der Waals surface area contributed by atoms with Gasteiger partial charge in [0, 0.05) is 35.7 Å². The van der Waals surface area contributed by atoms with Crippen molar-refractivity contribution in [3.63, 3.8) is 0 Å². The number of carbonyl (C=O) groups is 3. The monoisotopic (exact) mass is 578 g/mol. The highest BCUT2D eigenvalue weighted by Gasteiger charge is 2.36. The number of halogens is 1. The molecule has 1 aliphatic carbocycles. The molecule has 2 fully saturated rings. The van der Waals surface area contributed by atoms with E-state index in [9.17, 15) is 19.6 Å². The summed E-state index contributed by atoms with van der Waals surface area (Å²) in [5.74, 6) is 0.673. The Kier molecular flexibility index (Phi) is 11.0. The second-order valence-electron chi connectivity index (χ2n) is 11.8. The summed E-state index contributed by atoms with van der Waals surface area (Å²) in [6, 6.07) is 6.95. The van der Waals surface area contributed by atoms with E-state index in [0.717, 1.165) is 16.0 Å². The summed E-state index contributed by atoms with van der Waals surface area (Å²) in [6.45, 7) is 8.20. The summed E-state index contributed by atoms with van der Waals surface area (Å²) in [7, 11) is 0. The van der Waals surface area contributed by atoms with Gasteiger partial charge in [-0.25, -0.2) is 5.06 Å². The Morgan fingerprint density at radius 1 is 1.14 bits per heavy atom. The molecule has 9 heteroatoms. The van der Waals surface area contributed by atoms with Gasteiger partial charge in [0.05, 0.1) is 12.6 Å². The Balaban J connectivity index is 1.55. The van der Waals surface area contributed by atoms with E-state index in [-0.39, 0.29) is 41.8 Å². The maximum absolute atomic E-state index is 13.6. The SMILES string of the molecule is CC(C)(C)[C@H](NC[C@H](CC1CCCC1)CN(O)C=O)C(=O)N1CCC(NC(=O)c2ccc(Br)cc2)CC1. The number of nitrogens with one attached hydrogen (secondary N) is 2. The Morgan fingerprint density at radius 2 is 1.76 bits per heavy atom. The summed E-state index contributed by atoms with van der Waals surface area (Å²) < 4.78 is 0.931. The van der Waals surface area contributed by atoms with Crippen molar-refractivity contribution in [1.82, 2.24) is 20.6 Å². The number of piperidine rings is 1. The molecule has 0 unspecified atom stereocenters. The van der Waals surface area contributed by atoms with E-state index in [1.807, 2.05) is 17.0 Å². The second-order valence-corrected chi connectivity index (χ2v) is 12.7. The molecule has 37 heavy (non-hydrogen) atoms. The maximum Gasteiger partial charge on any atom is 0.251 e. The van der Waals surface area contributed by atoms with Gasteiger partial charge in [-0.3, -0.25) is 19.6 Å². The lowest BCUT2D eigenvalue weighted by molar-refractivity contribution is -0.152. The third kappa shape index (κ3) is 9.07. The number of hydrogen-bond donors (Lipinski definition) is 3. The van der Waals surface area contributed by atoms with Gasteiger partial charge >= 0.3 is 0 Å². The Hall–Kier alpha value is -1.97. The predicted octanol–water partition coefficient (Wildman–Crippen LogP) is 4.22. The highest BCUT2D eigenvalue weighted by atomic mass is 79.9. The average molecular weight is 580 g/mol. The van der Waals surface area contributed by atoms with Crippen LogP contribution in [0.15, 0.2) is 28.7 Å². The topological polar surface area (TPSA) is 102 Å². The number of benzene rings is 1. The normalized spacial score (nSPS) is 18.9. The lowest BCUT2D eigenvalue weighted by atomic mass is 9.84. The Morgan fingerprint density at radius 3 is 2.32 bits per heavy atom. The average Bonchev–Trinajstić information content (AvgIpc) is 3.37. The van der Waals surface area contributed by atoms with Crippen molar-refractivity contribution < 1.29 is 19.6 Å². The van der Waals surface area contributed by atoms with Gasteiger partial charge in [-0.15, -0.1) is 0 Å². The number of carbonyl (C=O) groups excluding carboxylic acids is 3. The zero-order chi connectivity index (χ0) is 27.0. The molecule has 1 heterocycles. The minimum Gasteiger partial charge on any atom is -0.349 e. The molecule has 2 atom stereocenters. The molecule has 0 aromatic heterocycles. The molecule has 8 nitrogen and oxygen atoms in total. The van der Waals surface area contributed by atoms with Crippen LogP contribution in [-0.2, 0) is 9.59 Å². The first-order valence-corrected chi connectivity index (χ1v) is 14.4. The fraction of sp³-hybridized carbons (Fsp3) is 0.679. The van der Waals surface area contributed by atoms with Crippen LogP contribution < -0.4 is 10.6 Å². The molecule has 1 aromatic rings. The third-order valence-corrected chi connectivity index (χ3v) is 8.21. The molecule has 0 bridgehead atoms. The largest absolute Gasteiger partial charge is 0.349 e. The van der Waals surface area contributed by atoms with Crippen molar-refractivity contribution in [2.24, 2.45) is 17.3 Å². The summed E-state index contributed by atoms with van der Waals surface area (Å²) in [5, 5.41) is 17.2. The van der Waals surface area contributed by atoms with Crippen LogP contribution in [0.5, 0.6) is 0 Å². The fourth-order valence-corrected chi connectivity index (χ4v) is 5.86. The molecule has 206 valence electrons. The van der Waals surface area contributed by atoms with E-state index >= 15 is 0 Å². The van der Waals surface area contributed by atoms with E-state index in [1.54, 1.807) is 12.1 Å². The molecular formula is C28H43BrN4O4. The van der Waals surface area contributed by atoms with E-state index in [2.05, 4.69) is 47.3 Å². The van der Waals surface area contributed by atoms with Gasteiger partial charge in [-0.05, 0) is 60.8 Å². The number of amides is 3. The van der Waals surface area contributed by atoms with E-state index in [4.69, 9.17) is 0 Å². The van der Waals surface area contributed by atoms with Crippen LogP contribution in [0, 0.1) is 17.3 Å². The molecule has 3 amide bonds. The molecular weight excluding hydrogens is 536 g/mol. The molecule has 0 spiro atoms. The molecule has 1 aromatic carbocycles. The first-order chi connectivity index (χ1) is 17.6. The molecule has 1 aliphatic heterocycles. The second kappa shape index (κ2) is 13.7. The summed E-state index contributed by atoms with van der Waals surface area (Å²) in [5.41, 5.74) is 0.326. The maximum atomic E-state index is 13.6. The number of nitrogens with zero attached hydrogens (tertiary/aromatic N) is 2. The minimum atomic E-state index is -0.379. The van der Waals surface area contributed by atoms with Crippen LogP contribution in [0.25, 0.3) is 0 Å². The van der Waals surface area contributed by atoms with Crippen LogP contribution in [0.1, 0.15) is 76.1 Å². The van der Waals surface area contributed by atoms with Gasteiger partial charge in [0.2, 0.25) is 12.3 Å². The van der Waals surface area contributed by atoms with Crippen LogP contribution in [-0.4, -0.2) is 71.7 Å². The van der Waals surface area contributed by atoms with Crippen molar-refractivity contribution in [2.75, 3.05) is 26.2 Å². The number of hydroxylamine groups is 2. The van der Waals surface area contributed by atoms with Crippen molar-refractivity contribution in [1.29, 1.82) is 0 Å². The molecule has 3 rings (SSSR count). The van der Waals surface area contributed by atoms with Gasteiger partial charge in [0.1, 0.15) is 0 Å². The predicted molar refractivity (Wildman–Crippen MR) is 147 cm³/mol. The van der Waals surface area contributed by atoms with Crippen LogP contribution in [0.3, 0.4) is 0 Å². The van der Waals surface area contributed by atoms with Gasteiger partial charge < -0.3 is 15.5 Å². The van der Waals surface area contributed by atoms with Crippen molar-refractivity contribution in [2.45, 2.75) is 77.8 Å². The van der Waals surface area contributed by atoms with Crippen molar-refractivity contribution in [3.8, 4) is 0 Å². The molecule has 2 aliphatic rings. The van der Waals surface area contributed by atoms with E-state index in [1.165, 1.54) is 25.7 Å². The van der Waals surface area contributed by atoms with Gasteiger partial charge in [0.25, 0.3) is 5.91 Å². The Labute approximate surface area is 229 Å². The summed E-state index contributed by atoms with van der Waals surface area (Å²) in [4.78, 5) is 39.2. The Bertz CT molecular complexity index is 890. The van der Waals surface area contributed by atoms with Crippen LogP contribution in [0.4, 0.5) is 0 Å². The zero-order valence-electron chi connectivity index (χ0n) is 22.4. The molecule has 3 N–H and O–H groups in total. The van der Waals surface area contributed by atoms with Gasteiger partial charge in [-0.1, -0.05) is 62.4 Å². The lowest BCUT2D eigenvalue weighted by Gasteiger charge is -2.39. The fourth-order valence-electron chi connectivity index (χ4n) is 5.59. The minimum absolute atomic E-state index is 0.0379. The number of likely N-dealkylation sites (tertiary alicyclic amines) is 1. The zero-order valence-corrected chi connectivity index (χ0v) is 24.0. The highest BCUT2D eigenvalue weighted by Crippen LogP contribution is 2.31. The molecule has 1 saturated carbocycles. The molecule has 0 radical (unpaired) electrons. The van der Waals surface area contributed by atoms with Crippen molar-refractivity contribution >= 4 is 34.2 Å². The van der Waals surface area contributed by atoms with Crippen LogP contribution in [0.2, 0.25) is 0 Å². The molecule has 1 saturated heterocycles. The number of rotatable bonds is 11. The lowest BCUT2D eigenvalue weighted by Crippen LogP contribution is -2.57. The van der Waals surface area contributed by atoms with Crippen LogP contribution >= 0.6 is 15.9 Å². The third-order valence-electron chi connectivity index (χ3n) is 7.68.